The van der Waals surface area contributed by atoms with E-state index < -0.39 is 0 Å². The van der Waals surface area contributed by atoms with Crippen LogP contribution in [0.25, 0.3) is 11.1 Å². The van der Waals surface area contributed by atoms with E-state index in [1.165, 1.54) is 0 Å². The summed E-state index contributed by atoms with van der Waals surface area (Å²) in [4.78, 5) is 35.6. The molecule has 0 saturated carbocycles. The molecule has 1 unspecified atom stereocenters. The lowest BCUT2D eigenvalue weighted by Gasteiger charge is -2.11. The summed E-state index contributed by atoms with van der Waals surface area (Å²) >= 11 is 0. The van der Waals surface area contributed by atoms with E-state index >= 15 is 0 Å². The Morgan fingerprint density at radius 3 is 2.14 bits per heavy atom. The van der Waals surface area contributed by atoms with Gasteiger partial charge in [-0.2, -0.15) is 0 Å². The van der Waals surface area contributed by atoms with Gasteiger partial charge < -0.3 is 16.0 Å². The van der Waals surface area contributed by atoms with Crippen LogP contribution in [0, 0.1) is 0 Å². The first-order valence-electron chi connectivity index (χ1n) is 9.49. The van der Waals surface area contributed by atoms with Crippen molar-refractivity contribution in [2.75, 3.05) is 13.1 Å². The fourth-order valence-corrected chi connectivity index (χ4v) is 2.53. The van der Waals surface area contributed by atoms with Gasteiger partial charge >= 0.3 is 0 Å². The van der Waals surface area contributed by atoms with Gasteiger partial charge in [0.25, 0.3) is 5.91 Å². The molecule has 0 fully saturated rings. The molecule has 0 bridgehead atoms. The molecule has 2 rings (SSSR count). The van der Waals surface area contributed by atoms with Gasteiger partial charge in [0.05, 0.1) is 6.54 Å². The Labute approximate surface area is 165 Å². The van der Waals surface area contributed by atoms with Crippen LogP contribution in [-0.4, -0.2) is 36.9 Å². The molecule has 0 spiro atoms. The van der Waals surface area contributed by atoms with Crippen molar-refractivity contribution in [2.24, 2.45) is 0 Å². The zero-order valence-corrected chi connectivity index (χ0v) is 16.3. The first kappa shape index (κ1) is 21.2. The highest BCUT2D eigenvalue weighted by Gasteiger charge is 2.10. The highest BCUT2D eigenvalue weighted by atomic mass is 16.2. The van der Waals surface area contributed by atoms with Crippen LogP contribution in [0.5, 0.6) is 0 Å². The summed E-state index contributed by atoms with van der Waals surface area (Å²) in [6, 6.07) is 17.2. The van der Waals surface area contributed by atoms with Crippen molar-refractivity contribution >= 4 is 17.7 Å². The molecule has 0 heterocycles. The smallest absolute Gasteiger partial charge is 0.251 e. The molecule has 2 aromatic rings. The van der Waals surface area contributed by atoms with E-state index in [9.17, 15) is 14.4 Å². The Morgan fingerprint density at radius 1 is 0.857 bits per heavy atom. The normalized spacial score (nSPS) is 11.4. The monoisotopic (exact) mass is 381 g/mol. The van der Waals surface area contributed by atoms with Gasteiger partial charge in [0.15, 0.2) is 0 Å². The Bertz CT molecular complexity index is 788. The molecule has 0 aliphatic carbocycles. The van der Waals surface area contributed by atoms with Crippen LogP contribution in [-0.2, 0) is 9.59 Å². The van der Waals surface area contributed by atoms with Crippen molar-refractivity contribution in [2.45, 2.75) is 32.7 Å². The number of carbonyl (C=O) groups is 3. The molecular weight excluding hydrogens is 354 g/mol. The molecule has 3 amide bonds. The number of hydrogen-bond donors (Lipinski definition) is 3. The predicted octanol–water partition coefficient (Wildman–Crippen LogP) is 2.50. The summed E-state index contributed by atoms with van der Waals surface area (Å²) in [7, 11) is 0. The van der Waals surface area contributed by atoms with Crippen LogP contribution < -0.4 is 16.0 Å². The number of hydrogen-bond acceptors (Lipinski definition) is 3. The molecule has 3 N–H and O–H groups in total. The summed E-state index contributed by atoms with van der Waals surface area (Å²) in [5, 5.41) is 8.05. The second-order valence-electron chi connectivity index (χ2n) is 6.60. The average Bonchev–Trinajstić information content (AvgIpc) is 2.72. The predicted molar refractivity (Wildman–Crippen MR) is 110 cm³/mol. The van der Waals surface area contributed by atoms with Crippen molar-refractivity contribution in [3.8, 4) is 11.1 Å². The Morgan fingerprint density at radius 2 is 1.50 bits per heavy atom. The molecule has 0 aromatic heterocycles. The largest absolute Gasteiger partial charge is 0.354 e. The molecule has 0 radical (unpaired) electrons. The SMILES string of the molecule is CCC(C)NC(=O)CCNC(=O)CNC(=O)c1ccc(-c2ccccc2)cc1. The summed E-state index contributed by atoms with van der Waals surface area (Å²) in [6.45, 7) is 4.03. The van der Waals surface area contributed by atoms with Gasteiger partial charge in [-0.05, 0) is 36.6 Å². The Kier molecular flexibility index (Phi) is 8.21. The van der Waals surface area contributed by atoms with Crippen molar-refractivity contribution in [3.63, 3.8) is 0 Å². The summed E-state index contributed by atoms with van der Waals surface area (Å²) < 4.78 is 0. The third-order valence-corrected chi connectivity index (χ3v) is 4.36. The second-order valence-corrected chi connectivity index (χ2v) is 6.60. The van der Waals surface area contributed by atoms with Crippen molar-refractivity contribution in [3.05, 3.63) is 60.2 Å². The quantitative estimate of drug-likeness (QED) is 0.624. The fraction of sp³-hybridized carbons (Fsp3) is 0.318. The molecule has 0 aliphatic rings. The summed E-state index contributed by atoms with van der Waals surface area (Å²) in [6.07, 6.45) is 1.07. The molecule has 6 heteroatoms. The van der Waals surface area contributed by atoms with E-state index in [0.717, 1.165) is 17.5 Å². The molecule has 148 valence electrons. The lowest BCUT2D eigenvalue weighted by Crippen LogP contribution is -2.39. The van der Waals surface area contributed by atoms with Crippen molar-refractivity contribution in [1.29, 1.82) is 0 Å². The first-order valence-corrected chi connectivity index (χ1v) is 9.49. The molecule has 1 atom stereocenters. The van der Waals surface area contributed by atoms with Crippen molar-refractivity contribution < 1.29 is 14.4 Å². The van der Waals surface area contributed by atoms with E-state index in [1.807, 2.05) is 56.3 Å². The highest BCUT2D eigenvalue weighted by Crippen LogP contribution is 2.19. The zero-order valence-electron chi connectivity index (χ0n) is 16.3. The van der Waals surface area contributed by atoms with Gasteiger partial charge in [0.2, 0.25) is 11.8 Å². The topological polar surface area (TPSA) is 87.3 Å². The number of carbonyl (C=O) groups excluding carboxylic acids is 3. The first-order chi connectivity index (χ1) is 13.5. The minimum atomic E-state index is -0.328. The lowest BCUT2D eigenvalue weighted by atomic mass is 10.0. The Balaban J connectivity index is 1.73. The van der Waals surface area contributed by atoms with Gasteiger partial charge in [-0.3, -0.25) is 14.4 Å². The van der Waals surface area contributed by atoms with Crippen LogP contribution in [0.15, 0.2) is 54.6 Å². The third kappa shape index (κ3) is 6.87. The fourth-order valence-electron chi connectivity index (χ4n) is 2.53. The second kappa shape index (κ2) is 10.9. The number of nitrogens with one attached hydrogen (secondary N) is 3. The standard InChI is InChI=1S/C22H27N3O3/c1-3-16(2)25-20(26)13-14-23-21(27)15-24-22(28)19-11-9-18(10-12-19)17-7-5-4-6-8-17/h4-12,16H,3,13-15H2,1-2H3,(H,23,27)(H,24,28)(H,25,26). The van der Waals surface area contributed by atoms with Crippen molar-refractivity contribution in [1.82, 2.24) is 16.0 Å². The Hall–Kier alpha value is -3.15. The maximum absolute atomic E-state index is 12.2. The molecule has 6 nitrogen and oxygen atoms in total. The van der Waals surface area contributed by atoms with Gasteiger partial charge in [-0.25, -0.2) is 0 Å². The molecule has 0 aliphatic heterocycles. The van der Waals surface area contributed by atoms with E-state index in [0.29, 0.717) is 5.56 Å². The van der Waals surface area contributed by atoms with E-state index in [2.05, 4.69) is 16.0 Å². The number of rotatable bonds is 9. The summed E-state index contributed by atoms with van der Waals surface area (Å²) in [5.41, 5.74) is 2.58. The average molecular weight is 381 g/mol. The van der Waals surface area contributed by atoms with Gasteiger partial charge in [0.1, 0.15) is 0 Å². The van der Waals surface area contributed by atoms with Crippen LogP contribution in [0.1, 0.15) is 37.0 Å². The lowest BCUT2D eigenvalue weighted by molar-refractivity contribution is -0.122. The van der Waals surface area contributed by atoms with Gasteiger partial charge in [0, 0.05) is 24.6 Å². The molecule has 0 saturated heterocycles. The van der Waals surface area contributed by atoms with E-state index in [1.54, 1.807) is 12.1 Å². The minimum Gasteiger partial charge on any atom is -0.354 e. The molecule has 28 heavy (non-hydrogen) atoms. The van der Waals surface area contributed by atoms with Crippen LogP contribution in [0.3, 0.4) is 0 Å². The maximum Gasteiger partial charge on any atom is 0.251 e. The summed E-state index contributed by atoms with van der Waals surface area (Å²) in [5.74, 6) is -0.743. The van der Waals surface area contributed by atoms with Crippen LogP contribution >= 0.6 is 0 Å². The third-order valence-electron chi connectivity index (χ3n) is 4.36. The number of amides is 3. The van der Waals surface area contributed by atoms with Gasteiger partial charge in [-0.1, -0.05) is 49.4 Å². The van der Waals surface area contributed by atoms with E-state index in [4.69, 9.17) is 0 Å². The number of benzene rings is 2. The minimum absolute atomic E-state index is 0.0998. The molecule has 2 aromatic carbocycles. The molecular formula is C22H27N3O3. The highest BCUT2D eigenvalue weighted by molar-refractivity contribution is 5.96. The van der Waals surface area contributed by atoms with Crippen LogP contribution in [0.2, 0.25) is 0 Å². The maximum atomic E-state index is 12.2. The van der Waals surface area contributed by atoms with E-state index in [-0.39, 0.29) is 43.3 Å². The zero-order chi connectivity index (χ0) is 20.4. The van der Waals surface area contributed by atoms with Gasteiger partial charge in [-0.15, -0.1) is 0 Å². The van der Waals surface area contributed by atoms with Crippen LogP contribution in [0.4, 0.5) is 0 Å².